The largest absolute Gasteiger partial charge is 0.346 e. The zero-order valence-corrected chi connectivity index (χ0v) is 12.6. The average molecular weight is 350 g/mol. The fourth-order valence-electron chi connectivity index (χ4n) is 2.09. The van der Waals surface area contributed by atoms with Crippen molar-refractivity contribution in [2.45, 2.75) is 18.9 Å². The molecule has 1 saturated heterocycles. The lowest BCUT2D eigenvalue weighted by atomic mass is 10.0. The van der Waals surface area contributed by atoms with Crippen molar-refractivity contribution in [3.05, 3.63) is 34.1 Å². The topological polar surface area (TPSA) is 63.2 Å². The summed E-state index contributed by atoms with van der Waals surface area (Å²) < 4.78 is 36.2. The fourth-order valence-corrected chi connectivity index (χ4v) is 4.56. The fraction of sp³-hybridized carbons (Fsp3) is 0.417. The minimum absolute atomic E-state index is 0.0614. The summed E-state index contributed by atoms with van der Waals surface area (Å²) in [6, 6.07) is 3.92. The van der Waals surface area contributed by atoms with Gasteiger partial charge < -0.3 is 5.32 Å². The van der Waals surface area contributed by atoms with Gasteiger partial charge in [-0.05, 0) is 47.5 Å². The smallest absolute Gasteiger partial charge is 0.251 e. The maximum Gasteiger partial charge on any atom is 0.251 e. The number of carbonyl (C=O) groups excluding carboxylic acids is 1. The van der Waals surface area contributed by atoms with E-state index < -0.39 is 27.1 Å². The second kappa shape index (κ2) is 4.86. The van der Waals surface area contributed by atoms with E-state index in [0.29, 0.717) is 12.0 Å². The Morgan fingerprint density at radius 1 is 1.47 bits per heavy atom. The standard InChI is InChI=1S/C12H13BrFNO3S/c1-12(4-5-19(17,18)7-12)15-11(16)8-2-3-10(14)9(13)6-8/h2-3,6H,4-5,7H2,1H3,(H,15,16). The summed E-state index contributed by atoms with van der Waals surface area (Å²) in [6.45, 7) is 1.70. The van der Waals surface area contributed by atoms with Crippen molar-refractivity contribution in [1.29, 1.82) is 0 Å². The van der Waals surface area contributed by atoms with E-state index in [-0.39, 0.29) is 16.0 Å². The van der Waals surface area contributed by atoms with E-state index in [0.717, 1.165) is 0 Å². The summed E-state index contributed by atoms with van der Waals surface area (Å²) >= 11 is 3.01. The minimum atomic E-state index is -3.08. The molecule has 0 bridgehead atoms. The Kier molecular flexibility index (Phi) is 3.70. The number of nitrogens with one attached hydrogen (secondary N) is 1. The number of amides is 1. The normalized spacial score (nSPS) is 25.2. The Balaban J connectivity index is 2.15. The zero-order chi connectivity index (χ0) is 14.3. The highest BCUT2D eigenvalue weighted by Crippen LogP contribution is 2.24. The van der Waals surface area contributed by atoms with Crippen LogP contribution in [-0.4, -0.2) is 31.4 Å². The maximum atomic E-state index is 13.1. The molecule has 2 rings (SSSR count). The summed E-state index contributed by atoms with van der Waals surface area (Å²) in [5.41, 5.74) is -0.463. The lowest BCUT2D eigenvalue weighted by molar-refractivity contribution is 0.0915. The van der Waals surface area contributed by atoms with Crippen LogP contribution in [0.2, 0.25) is 0 Å². The van der Waals surface area contributed by atoms with Gasteiger partial charge in [-0.3, -0.25) is 4.79 Å². The van der Waals surface area contributed by atoms with Crippen molar-refractivity contribution >= 4 is 31.7 Å². The van der Waals surface area contributed by atoms with E-state index in [2.05, 4.69) is 21.2 Å². The van der Waals surface area contributed by atoms with Gasteiger partial charge in [-0.1, -0.05) is 0 Å². The molecule has 1 amide bonds. The molecule has 104 valence electrons. The van der Waals surface area contributed by atoms with Gasteiger partial charge in [-0.15, -0.1) is 0 Å². The number of halogens is 2. The molecule has 0 aliphatic carbocycles. The molecule has 1 heterocycles. The summed E-state index contributed by atoms with van der Waals surface area (Å²) in [4.78, 5) is 12.0. The molecule has 19 heavy (non-hydrogen) atoms. The van der Waals surface area contributed by atoms with Crippen molar-refractivity contribution < 1.29 is 17.6 Å². The van der Waals surface area contributed by atoms with Gasteiger partial charge in [-0.2, -0.15) is 0 Å². The van der Waals surface area contributed by atoms with Crippen molar-refractivity contribution in [2.24, 2.45) is 0 Å². The zero-order valence-electron chi connectivity index (χ0n) is 10.2. The molecule has 1 aliphatic heterocycles. The Morgan fingerprint density at radius 2 is 2.16 bits per heavy atom. The lowest BCUT2D eigenvalue weighted by Gasteiger charge is -2.23. The van der Waals surface area contributed by atoms with E-state index in [4.69, 9.17) is 0 Å². The van der Waals surface area contributed by atoms with Gasteiger partial charge in [0.05, 0.1) is 21.5 Å². The third kappa shape index (κ3) is 3.33. The number of sulfone groups is 1. The van der Waals surface area contributed by atoms with Crippen molar-refractivity contribution in [2.75, 3.05) is 11.5 Å². The lowest BCUT2D eigenvalue weighted by Crippen LogP contribution is -2.46. The number of carbonyl (C=O) groups is 1. The van der Waals surface area contributed by atoms with Gasteiger partial charge in [0.15, 0.2) is 9.84 Å². The first-order valence-corrected chi connectivity index (χ1v) is 8.30. The third-order valence-electron chi connectivity index (χ3n) is 3.10. The van der Waals surface area contributed by atoms with Gasteiger partial charge in [0, 0.05) is 5.56 Å². The molecule has 1 aromatic carbocycles. The number of rotatable bonds is 2. The van der Waals surface area contributed by atoms with E-state index in [9.17, 15) is 17.6 Å². The van der Waals surface area contributed by atoms with Crippen LogP contribution in [0.5, 0.6) is 0 Å². The first-order chi connectivity index (χ1) is 8.71. The first-order valence-electron chi connectivity index (χ1n) is 5.69. The van der Waals surface area contributed by atoms with Crippen LogP contribution in [0, 0.1) is 5.82 Å². The van der Waals surface area contributed by atoms with E-state index in [1.54, 1.807) is 6.92 Å². The molecule has 0 aromatic heterocycles. The molecule has 1 aliphatic rings. The summed E-state index contributed by atoms with van der Waals surface area (Å²) in [7, 11) is -3.08. The van der Waals surface area contributed by atoms with Gasteiger partial charge in [0.1, 0.15) is 5.82 Å². The SMILES string of the molecule is CC1(NC(=O)c2ccc(F)c(Br)c2)CCS(=O)(=O)C1. The quantitative estimate of drug-likeness (QED) is 0.886. The second-order valence-electron chi connectivity index (χ2n) is 4.99. The number of benzene rings is 1. The van der Waals surface area contributed by atoms with Crippen LogP contribution >= 0.6 is 15.9 Å². The van der Waals surface area contributed by atoms with Gasteiger partial charge >= 0.3 is 0 Å². The number of hydrogen-bond acceptors (Lipinski definition) is 3. The molecule has 1 N–H and O–H groups in total. The predicted molar refractivity (Wildman–Crippen MR) is 73.2 cm³/mol. The Hall–Kier alpha value is -0.950. The summed E-state index contributed by atoms with van der Waals surface area (Å²) in [5.74, 6) is -0.836. The van der Waals surface area contributed by atoms with Crippen LogP contribution in [0.4, 0.5) is 4.39 Å². The van der Waals surface area contributed by atoms with Gasteiger partial charge in [0.25, 0.3) is 5.91 Å². The van der Waals surface area contributed by atoms with Crippen LogP contribution in [0.15, 0.2) is 22.7 Å². The molecule has 0 radical (unpaired) electrons. The molecule has 1 fully saturated rings. The Morgan fingerprint density at radius 3 is 2.68 bits per heavy atom. The van der Waals surface area contributed by atoms with Crippen LogP contribution in [0.3, 0.4) is 0 Å². The van der Waals surface area contributed by atoms with Gasteiger partial charge in [0.2, 0.25) is 0 Å². The van der Waals surface area contributed by atoms with Crippen molar-refractivity contribution in [3.8, 4) is 0 Å². The highest BCUT2D eigenvalue weighted by atomic mass is 79.9. The van der Waals surface area contributed by atoms with E-state index in [1.807, 2.05) is 0 Å². The van der Waals surface area contributed by atoms with E-state index in [1.165, 1.54) is 18.2 Å². The molecule has 1 atom stereocenters. The molecule has 0 spiro atoms. The first kappa shape index (κ1) is 14.5. The van der Waals surface area contributed by atoms with Crippen LogP contribution in [0.25, 0.3) is 0 Å². The summed E-state index contributed by atoms with van der Waals surface area (Å²) in [6.07, 6.45) is 0.392. The molecule has 1 aromatic rings. The molecule has 0 saturated carbocycles. The molecule has 1 unspecified atom stereocenters. The van der Waals surface area contributed by atoms with Crippen molar-refractivity contribution in [3.63, 3.8) is 0 Å². The molecule has 4 nitrogen and oxygen atoms in total. The number of hydrogen-bond donors (Lipinski definition) is 1. The second-order valence-corrected chi connectivity index (χ2v) is 8.02. The van der Waals surface area contributed by atoms with Crippen LogP contribution in [-0.2, 0) is 9.84 Å². The highest BCUT2D eigenvalue weighted by Gasteiger charge is 2.39. The average Bonchev–Trinajstić information content (AvgIpc) is 2.56. The van der Waals surface area contributed by atoms with Crippen LogP contribution in [0.1, 0.15) is 23.7 Å². The monoisotopic (exact) mass is 349 g/mol. The van der Waals surface area contributed by atoms with E-state index >= 15 is 0 Å². The molecule has 7 heteroatoms. The third-order valence-corrected chi connectivity index (χ3v) is 5.61. The highest BCUT2D eigenvalue weighted by molar-refractivity contribution is 9.10. The van der Waals surface area contributed by atoms with Crippen LogP contribution < -0.4 is 5.32 Å². The maximum absolute atomic E-state index is 13.1. The molecular weight excluding hydrogens is 337 g/mol. The van der Waals surface area contributed by atoms with Gasteiger partial charge in [-0.25, -0.2) is 12.8 Å². The Bertz CT molecular complexity index is 632. The Labute approximate surface area is 119 Å². The predicted octanol–water partition coefficient (Wildman–Crippen LogP) is 1.90. The minimum Gasteiger partial charge on any atom is -0.346 e. The van der Waals surface area contributed by atoms with Crippen molar-refractivity contribution in [1.82, 2.24) is 5.32 Å². The molecular formula is C12H13BrFNO3S. The summed E-state index contributed by atoms with van der Waals surface area (Å²) in [5, 5.41) is 2.71.